The smallest absolute Gasteiger partial charge is 0.323 e. The van der Waals surface area contributed by atoms with E-state index in [0.29, 0.717) is 25.0 Å². The summed E-state index contributed by atoms with van der Waals surface area (Å²) in [6, 6.07) is 3.31. The quantitative estimate of drug-likeness (QED) is 0.842. The molecule has 2 atom stereocenters. The fourth-order valence-corrected chi connectivity index (χ4v) is 2.16. The van der Waals surface area contributed by atoms with Gasteiger partial charge in [0, 0.05) is 6.04 Å². The van der Waals surface area contributed by atoms with E-state index < -0.39 is 11.6 Å². The molecule has 98 valence electrons. The van der Waals surface area contributed by atoms with Crippen LogP contribution >= 0.6 is 0 Å². The van der Waals surface area contributed by atoms with Crippen LogP contribution in [0.1, 0.15) is 31.4 Å². The molecule has 0 spiro atoms. The zero-order chi connectivity index (χ0) is 13.1. The van der Waals surface area contributed by atoms with Gasteiger partial charge in [-0.25, -0.2) is 8.78 Å². The molecular weight excluding hydrogens is 240 g/mol. The number of esters is 1. The molecule has 0 radical (unpaired) electrons. The highest BCUT2D eigenvalue weighted by Crippen LogP contribution is 2.27. The van der Waals surface area contributed by atoms with Gasteiger partial charge in [0.05, 0.1) is 6.61 Å². The predicted molar refractivity (Wildman–Crippen MR) is 61.9 cm³/mol. The molecule has 0 aliphatic carbocycles. The summed E-state index contributed by atoms with van der Waals surface area (Å²) in [4.78, 5) is 11.5. The zero-order valence-corrected chi connectivity index (χ0v) is 10.1. The van der Waals surface area contributed by atoms with E-state index in [1.165, 1.54) is 12.1 Å². The molecule has 18 heavy (non-hydrogen) atoms. The highest BCUT2D eigenvalue weighted by atomic mass is 19.2. The number of hydrogen-bond acceptors (Lipinski definition) is 3. The molecule has 1 fully saturated rings. The van der Waals surface area contributed by atoms with Crippen molar-refractivity contribution in [3.05, 3.63) is 35.4 Å². The monoisotopic (exact) mass is 255 g/mol. The Hall–Kier alpha value is -1.49. The van der Waals surface area contributed by atoms with Crippen LogP contribution in [0.2, 0.25) is 0 Å². The van der Waals surface area contributed by atoms with Gasteiger partial charge in [0.2, 0.25) is 0 Å². The number of carbonyl (C=O) groups excluding carboxylic acids is 1. The van der Waals surface area contributed by atoms with Gasteiger partial charge in [0.1, 0.15) is 6.04 Å². The SMILES string of the molecule is CCOC(=O)C1CCC(c2ccc(F)c(F)c2)N1. The third-order valence-electron chi connectivity index (χ3n) is 3.06. The molecule has 3 nitrogen and oxygen atoms in total. The Morgan fingerprint density at radius 2 is 2.17 bits per heavy atom. The molecule has 2 rings (SSSR count). The summed E-state index contributed by atoms with van der Waals surface area (Å²) in [5.41, 5.74) is 0.653. The van der Waals surface area contributed by atoms with Crippen molar-refractivity contribution < 1.29 is 18.3 Å². The molecule has 0 saturated carbocycles. The number of halogens is 2. The van der Waals surface area contributed by atoms with E-state index in [-0.39, 0.29) is 18.1 Å². The summed E-state index contributed by atoms with van der Waals surface area (Å²) in [5.74, 6) is -2.02. The van der Waals surface area contributed by atoms with Crippen LogP contribution in [0.4, 0.5) is 8.78 Å². The summed E-state index contributed by atoms with van der Waals surface area (Å²) < 4.78 is 30.9. The third kappa shape index (κ3) is 2.67. The van der Waals surface area contributed by atoms with E-state index in [9.17, 15) is 13.6 Å². The molecule has 1 saturated heterocycles. The lowest BCUT2D eigenvalue weighted by Gasteiger charge is -2.14. The molecule has 1 aliphatic heterocycles. The first-order valence-corrected chi connectivity index (χ1v) is 5.99. The second-order valence-corrected chi connectivity index (χ2v) is 4.27. The molecular formula is C13H15F2NO2. The van der Waals surface area contributed by atoms with Crippen molar-refractivity contribution >= 4 is 5.97 Å². The average molecular weight is 255 g/mol. The van der Waals surface area contributed by atoms with Gasteiger partial charge in [0.25, 0.3) is 0 Å². The predicted octanol–water partition coefficient (Wildman–Crippen LogP) is 2.32. The Morgan fingerprint density at radius 3 is 2.83 bits per heavy atom. The van der Waals surface area contributed by atoms with Crippen molar-refractivity contribution in [3.8, 4) is 0 Å². The summed E-state index contributed by atoms with van der Waals surface area (Å²) >= 11 is 0. The zero-order valence-electron chi connectivity index (χ0n) is 10.1. The highest BCUT2D eigenvalue weighted by Gasteiger charge is 2.31. The molecule has 0 aromatic heterocycles. The van der Waals surface area contributed by atoms with Crippen LogP contribution < -0.4 is 5.32 Å². The number of benzene rings is 1. The van der Waals surface area contributed by atoms with E-state index in [4.69, 9.17) is 4.74 Å². The average Bonchev–Trinajstić information content (AvgIpc) is 2.82. The minimum Gasteiger partial charge on any atom is -0.465 e. The molecule has 5 heteroatoms. The van der Waals surface area contributed by atoms with E-state index in [2.05, 4.69) is 5.32 Å². The van der Waals surface area contributed by atoms with Crippen molar-refractivity contribution in [3.63, 3.8) is 0 Å². The van der Waals surface area contributed by atoms with Gasteiger partial charge in [-0.3, -0.25) is 10.1 Å². The molecule has 1 aromatic carbocycles. The van der Waals surface area contributed by atoms with Gasteiger partial charge in [0.15, 0.2) is 11.6 Å². The summed E-state index contributed by atoms with van der Waals surface area (Å²) in [5, 5.41) is 3.07. The van der Waals surface area contributed by atoms with Crippen LogP contribution in [0.5, 0.6) is 0 Å². The Labute approximate surface area is 104 Å². The minimum atomic E-state index is -0.867. The Morgan fingerprint density at radius 1 is 1.39 bits per heavy atom. The van der Waals surface area contributed by atoms with Gasteiger partial charge in [-0.05, 0) is 37.5 Å². The molecule has 1 N–H and O–H groups in total. The third-order valence-corrected chi connectivity index (χ3v) is 3.06. The second kappa shape index (κ2) is 5.44. The normalized spacial score (nSPS) is 23.1. The minimum absolute atomic E-state index is 0.130. The number of ether oxygens (including phenoxy) is 1. The second-order valence-electron chi connectivity index (χ2n) is 4.27. The van der Waals surface area contributed by atoms with Crippen molar-refractivity contribution in [1.82, 2.24) is 5.32 Å². The molecule has 0 bridgehead atoms. The van der Waals surface area contributed by atoms with Gasteiger partial charge < -0.3 is 4.74 Å². The largest absolute Gasteiger partial charge is 0.465 e. The van der Waals surface area contributed by atoms with Crippen LogP contribution in [0.25, 0.3) is 0 Å². The van der Waals surface area contributed by atoms with Gasteiger partial charge >= 0.3 is 5.97 Å². The van der Waals surface area contributed by atoms with E-state index in [1.54, 1.807) is 6.92 Å². The summed E-state index contributed by atoms with van der Waals surface area (Å²) in [6.45, 7) is 2.09. The standard InChI is InChI=1S/C13H15F2NO2/c1-2-18-13(17)12-6-5-11(16-12)8-3-4-9(14)10(15)7-8/h3-4,7,11-12,16H,2,5-6H2,1H3. The lowest BCUT2D eigenvalue weighted by atomic mass is 10.1. The Bertz CT molecular complexity index is 451. The molecule has 0 amide bonds. The molecule has 2 unspecified atom stereocenters. The first-order chi connectivity index (χ1) is 8.61. The molecule has 1 aromatic rings. The van der Waals surface area contributed by atoms with Crippen LogP contribution in [-0.2, 0) is 9.53 Å². The lowest BCUT2D eigenvalue weighted by Crippen LogP contribution is -2.33. The van der Waals surface area contributed by atoms with Crippen LogP contribution in [0, 0.1) is 11.6 Å². The summed E-state index contributed by atoms with van der Waals surface area (Å²) in [7, 11) is 0. The molecule has 1 heterocycles. The molecule has 1 aliphatic rings. The Balaban J connectivity index is 2.04. The maximum absolute atomic E-state index is 13.1. The van der Waals surface area contributed by atoms with E-state index >= 15 is 0 Å². The van der Waals surface area contributed by atoms with Gasteiger partial charge in [-0.15, -0.1) is 0 Å². The summed E-state index contributed by atoms with van der Waals surface area (Å²) in [6.07, 6.45) is 1.34. The topological polar surface area (TPSA) is 38.3 Å². The first kappa shape index (κ1) is 13.0. The van der Waals surface area contributed by atoms with Crippen LogP contribution in [0.3, 0.4) is 0 Å². The number of carbonyl (C=O) groups is 1. The maximum atomic E-state index is 13.1. The van der Waals surface area contributed by atoms with Crippen LogP contribution in [-0.4, -0.2) is 18.6 Å². The fraction of sp³-hybridized carbons (Fsp3) is 0.462. The van der Waals surface area contributed by atoms with Crippen molar-refractivity contribution in [2.45, 2.75) is 31.8 Å². The number of rotatable bonds is 3. The van der Waals surface area contributed by atoms with Crippen molar-refractivity contribution in [1.29, 1.82) is 0 Å². The first-order valence-electron chi connectivity index (χ1n) is 5.99. The lowest BCUT2D eigenvalue weighted by molar-refractivity contribution is -0.145. The van der Waals surface area contributed by atoms with Crippen LogP contribution in [0.15, 0.2) is 18.2 Å². The number of nitrogens with one attached hydrogen (secondary N) is 1. The van der Waals surface area contributed by atoms with Gasteiger partial charge in [-0.2, -0.15) is 0 Å². The van der Waals surface area contributed by atoms with E-state index in [0.717, 1.165) is 6.07 Å². The number of hydrogen-bond donors (Lipinski definition) is 1. The van der Waals surface area contributed by atoms with Crippen molar-refractivity contribution in [2.24, 2.45) is 0 Å². The van der Waals surface area contributed by atoms with E-state index in [1.807, 2.05) is 0 Å². The maximum Gasteiger partial charge on any atom is 0.323 e. The van der Waals surface area contributed by atoms with Crippen molar-refractivity contribution in [2.75, 3.05) is 6.61 Å². The fourth-order valence-electron chi connectivity index (χ4n) is 2.16. The highest BCUT2D eigenvalue weighted by molar-refractivity contribution is 5.76. The Kier molecular flexibility index (Phi) is 3.91. The van der Waals surface area contributed by atoms with Gasteiger partial charge in [-0.1, -0.05) is 6.07 Å².